The number of fused-ring (bicyclic) bond motifs is 1. The highest BCUT2D eigenvalue weighted by atomic mass is 16.5. The standard InChI is InChI=1S/C21H19N3O6/c25-17-8-7-16(24-18(26)14-5-1-2-6-15(14)19(24)27)20(28)23(17)10-11-30-21(29)13-4-3-9-22-12-13/h1-6,9,12,14-16H,7-8,10-11H2. The highest BCUT2D eigenvalue weighted by Gasteiger charge is 2.52. The monoisotopic (exact) mass is 409 g/mol. The molecule has 0 spiro atoms. The number of likely N-dealkylation sites (tertiary alicyclic amines) is 2. The van der Waals surface area contributed by atoms with Crippen molar-refractivity contribution in [1.29, 1.82) is 0 Å². The van der Waals surface area contributed by atoms with E-state index in [9.17, 15) is 24.0 Å². The van der Waals surface area contributed by atoms with Gasteiger partial charge in [0.05, 0.1) is 23.9 Å². The van der Waals surface area contributed by atoms with Crippen LogP contribution in [0.4, 0.5) is 0 Å². The summed E-state index contributed by atoms with van der Waals surface area (Å²) in [7, 11) is 0. The summed E-state index contributed by atoms with van der Waals surface area (Å²) in [5.41, 5.74) is 0.253. The topological polar surface area (TPSA) is 114 Å². The lowest BCUT2D eigenvalue weighted by Crippen LogP contribution is -2.56. The van der Waals surface area contributed by atoms with Crippen molar-refractivity contribution >= 4 is 29.6 Å². The lowest BCUT2D eigenvalue weighted by atomic mass is 9.91. The number of carbonyl (C=O) groups is 5. The van der Waals surface area contributed by atoms with Gasteiger partial charge in [0.25, 0.3) is 5.91 Å². The molecule has 0 saturated carbocycles. The smallest absolute Gasteiger partial charge is 0.339 e. The maximum atomic E-state index is 12.9. The van der Waals surface area contributed by atoms with Crippen molar-refractivity contribution in [3.63, 3.8) is 0 Å². The highest BCUT2D eigenvalue weighted by Crippen LogP contribution is 2.34. The molecule has 1 aromatic rings. The van der Waals surface area contributed by atoms with E-state index in [0.717, 1.165) is 9.80 Å². The van der Waals surface area contributed by atoms with Crippen LogP contribution in [0.3, 0.4) is 0 Å². The van der Waals surface area contributed by atoms with Crippen LogP contribution >= 0.6 is 0 Å². The fourth-order valence-electron chi connectivity index (χ4n) is 3.91. The van der Waals surface area contributed by atoms with Crippen LogP contribution in [0.25, 0.3) is 0 Å². The van der Waals surface area contributed by atoms with Crippen LogP contribution in [0.2, 0.25) is 0 Å². The number of hydrogen-bond acceptors (Lipinski definition) is 7. The zero-order valence-electron chi connectivity index (χ0n) is 16.0. The third kappa shape index (κ3) is 3.42. The first-order chi connectivity index (χ1) is 14.5. The third-order valence-corrected chi connectivity index (χ3v) is 5.42. The van der Waals surface area contributed by atoms with Crippen molar-refractivity contribution in [3.05, 3.63) is 54.4 Å². The molecule has 3 heterocycles. The lowest BCUT2D eigenvalue weighted by Gasteiger charge is -2.34. The fraction of sp³-hybridized carbons (Fsp3) is 0.333. The van der Waals surface area contributed by atoms with Crippen LogP contribution in [-0.4, -0.2) is 63.6 Å². The number of rotatable bonds is 5. The lowest BCUT2D eigenvalue weighted by molar-refractivity contribution is -0.160. The van der Waals surface area contributed by atoms with E-state index in [2.05, 4.69) is 4.98 Å². The number of esters is 1. The van der Waals surface area contributed by atoms with Gasteiger partial charge in [0.2, 0.25) is 17.7 Å². The van der Waals surface area contributed by atoms with Crippen molar-refractivity contribution in [2.45, 2.75) is 18.9 Å². The molecule has 4 rings (SSSR count). The molecule has 0 aromatic carbocycles. The molecule has 2 saturated heterocycles. The summed E-state index contributed by atoms with van der Waals surface area (Å²) in [4.78, 5) is 68.4. The number of allylic oxidation sites excluding steroid dienone is 2. The molecule has 4 amide bonds. The summed E-state index contributed by atoms with van der Waals surface area (Å²) in [6, 6.07) is 2.10. The highest BCUT2D eigenvalue weighted by molar-refractivity contribution is 6.12. The van der Waals surface area contributed by atoms with Gasteiger partial charge in [0.1, 0.15) is 12.6 Å². The summed E-state index contributed by atoms with van der Waals surface area (Å²) in [5.74, 6) is -3.75. The number of amides is 4. The Morgan fingerprint density at radius 2 is 1.77 bits per heavy atom. The van der Waals surface area contributed by atoms with Gasteiger partial charge in [-0.05, 0) is 18.6 Å². The van der Waals surface area contributed by atoms with Crippen LogP contribution in [0, 0.1) is 11.8 Å². The van der Waals surface area contributed by atoms with Crippen LogP contribution < -0.4 is 0 Å². The first kappa shape index (κ1) is 19.7. The van der Waals surface area contributed by atoms with Gasteiger partial charge in [-0.15, -0.1) is 0 Å². The number of imide groups is 2. The van der Waals surface area contributed by atoms with E-state index in [-0.39, 0.29) is 31.6 Å². The maximum Gasteiger partial charge on any atom is 0.339 e. The molecule has 0 radical (unpaired) electrons. The Kier molecular flexibility index (Phi) is 5.26. The molecule has 3 aliphatic rings. The Morgan fingerprint density at radius 1 is 1.07 bits per heavy atom. The minimum Gasteiger partial charge on any atom is -0.460 e. The van der Waals surface area contributed by atoms with Crippen LogP contribution in [0.1, 0.15) is 23.2 Å². The molecule has 3 atom stereocenters. The number of piperidine rings is 1. The summed E-state index contributed by atoms with van der Waals surface area (Å²) in [5, 5.41) is 0. The molecule has 1 aromatic heterocycles. The Bertz CT molecular complexity index is 940. The molecule has 9 nitrogen and oxygen atoms in total. The van der Waals surface area contributed by atoms with Gasteiger partial charge in [-0.2, -0.15) is 0 Å². The SMILES string of the molecule is O=C(OCCN1C(=O)CCC(N2C(=O)C3C=CC=CC3C2=O)C1=O)c1cccnc1. The van der Waals surface area contributed by atoms with Gasteiger partial charge in [0, 0.05) is 18.8 Å². The van der Waals surface area contributed by atoms with E-state index in [4.69, 9.17) is 4.74 Å². The van der Waals surface area contributed by atoms with Gasteiger partial charge >= 0.3 is 5.97 Å². The molecule has 2 aliphatic heterocycles. The van der Waals surface area contributed by atoms with E-state index >= 15 is 0 Å². The predicted octanol–water partition coefficient (Wildman–Crippen LogP) is 0.483. The zero-order valence-corrected chi connectivity index (χ0v) is 16.0. The predicted molar refractivity (Wildman–Crippen MR) is 101 cm³/mol. The minimum absolute atomic E-state index is 0.0189. The quantitative estimate of drug-likeness (QED) is 0.513. The normalized spacial score (nSPS) is 25.7. The average molecular weight is 409 g/mol. The largest absolute Gasteiger partial charge is 0.460 e. The molecule has 3 unspecified atom stereocenters. The van der Waals surface area contributed by atoms with Crippen LogP contribution in [0.5, 0.6) is 0 Å². The Balaban J connectivity index is 1.42. The van der Waals surface area contributed by atoms with E-state index in [1.165, 1.54) is 18.5 Å². The number of pyridine rings is 1. The number of aromatic nitrogens is 1. The maximum absolute atomic E-state index is 12.9. The Morgan fingerprint density at radius 3 is 2.40 bits per heavy atom. The van der Waals surface area contributed by atoms with Crippen molar-refractivity contribution in [3.8, 4) is 0 Å². The third-order valence-electron chi connectivity index (χ3n) is 5.42. The van der Waals surface area contributed by atoms with Crippen molar-refractivity contribution in [2.24, 2.45) is 11.8 Å². The summed E-state index contributed by atoms with van der Waals surface area (Å²) >= 11 is 0. The molecule has 1 aliphatic carbocycles. The molecule has 9 heteroatoms. The van der Waals surface area contributed by atoms with E-state index in [0.29, 0.717) is 0 Å². The minimum atomic E-state index is -1.02. The van der Waals surface area contributed by atoms with E-state index < -0.39 is 47.5 Å². The number of ether oxygens (including phenoxy) is 1. The van der Waals surface area contributed by atoms with Gasteiger partial charge < -0.3 is 4.74 Å². The van der Waals surface area contributed by atoms with Crippen molar-refractivity contribution in [1.82, 2.24) is 14.8 Å². The van der Waals surface area contributed by atoms with Gasteiger partial charge in [-0.25, -0.2) is 4.79 Å². The van der Waals surface area contributed by atoms with Crippen LogP contribution in [-0.2, 0) is 23.9 Å². The van der Waals surface area contributed by atoms with Crippen molar-refractivity contribution < 1.29 is 28.7 Å². The first-order valence-corrected chi connectivity index (χ1v) is 9.62. The Labute approximate surface area is 172 Å². The fourth-order valence-corrected chi connectivity index (χ4v) is 3.91. The molecular formula is C21H19N3O6. The summed E-state index contributed by atoms with van der Waals surface area (Å²) in [6.07, 6.45) is 9.68. The number of nitrogens with zero attached hydrogens (tertiary/aromatic N) is 3. The van der Waals surface area contributed by atoms with Gasteiger partial charge in [-0.3, -0.25) is 34.0 Å². The van der Waals surface area contributed by atoms with E-state index in [1.807, 2.05) is 0 Å². The summed E-state index contributed by atoms with van der Waals surface area (Å²) in [6.45, 7) is -0.348. The molecule has 2 fully saturated rings. The first-order valence-electron chi connectivity index (χ1n) is 9.62. The second kappa shape index (κ2) is 8.02. The Hall–Kier alpha value is -3.62. The molecule has 0 bridgehead atoms. The summed E-state index contributed by atoms with van der Waals surface area (Å²) < 4.78 is 5.12. The van der Waals surface area contributed by atoms with Gasteiger partial charge in [0.15, 0.2) is 0 Å². The second-order valence-corrected chi connectivity index (χ2v) is 7.18. The number of hydrogen-bond donors (Lipinski definition) is 0. The van der Waals surface area contributed by atoms with Crippen LogP contribution in [0.15, 0.2) is 48.8 Å². The average Bonchev–Trinajstić information content (AvgIpc) is 3.02. The zero-order chi connectivity index (χ0) is 21.3. The van der Waals surface area contributed by atoms with E-state index in [1.54, 1.807) is 30.4 Å². The molecule has 154 valence electrons. The van der Waals surface area contributed by atoms with Gasteiger partial charge in [-0.1, -0.05) is 24.3 Å². The second-order valence-electron chi connectivity index (χ2n) is 7.18. The number of carbonyl (C=O) groups excluding carboxylic acids is 5. The molecule has 0 N–H and O–H groups in total. The van der Waals surface area contributed by atoms with Crippen molar-refractivity contribution in [2.75, 3.05) is 13.2 Å². The molecule has 30 heavy (non-hydrogen) atoms. The molecular weight excluding hydrogens is 390 g/mol.